The van der Waals surface area contributed by atoms with Crippen molar-refractivity contribution in [2.75, 3.05) is 0 Å². The van der Waals surface area contributed by atoms with Crippen molar-refractivity contribution >= 4 is 0 Å². The lowest BCUT2D eigenvalue weighted by atomic mass is 10.2. The molecule has 0 fully saturated rings. The van der Waals surface area contributed by atoms with Gasteiger partial charge in [-0.25, -0.2) is 0 Å². The van der Waals surface area contributed by atoms with Gasteiger partial charge in [0.15, 0.2) is 0 Å². The van der Waals surface area contributed by atoms with Gasteiger partial charge in [0.2, 0.25) is 23.4 Å². The standard InChI is InChI=1S/C18H14N4O3/c1-11-19-17(21-24-11)13-3-7-15(8-4-13)23-16-9-5-14(6-10-16)18-20-12(2)25-22-18/h3-10H,1-2H3. The second-order valence-corrected chi connectivity index (χ2v) is 5.42. The molecule has 4 aromatic rings. The Morgan fingerprint density at radius 2 is 1.04 bits per heavy atom. The van der Waals surface area contributed by atoms with Crippen molar-refractivity contribution in [1.29, 1.82) is 0 Å². The number of aromatic nitrogens is 4. The SMILES string of the molecule is Cc1nc(-c2ccc(Oc3ccc(-c4noc(C)n4)cc3)cc2)no1. The molecule has 0 atom stereocenters. The van der Waals surface area contributed by atoms with Crippen molar-refractivity contribution in [3.8, 4) is 34.3 Å². The summed E-state index contributed by atoms with van der Waals surface area (Å²) in [5, 5.41) is 7.79. The van der Waals surface area contributed by atoms with Gasteiger partial charge >= 0.3 is 0 Å². The Hall–Kier alpha value is -3.48. The van der Waals surface area contributed by atoms with Crippen molar-refractivity contribution in [2.24, 2.45) is 0 Å². The molecule has 7 heteroatoms. The first-order valence-electron chi connectivity index (χ1n) is 7.67. The molecular formula is C18H14N4O3. The summed E-state index contributed by atoms with van der Waals surface area (Å²) >= 11 is 0. The maximum Gasteiger partial charge on any atom is 0.223 e. The van der Waals surface area contributed by atoms with Crippen LogP contribution in [0.2, 0.25) is 0 Å². The van der Waals surface area contributed by atoms with E-state index in [4.69, 9.17) is 13.8 Å². The van der Waals surface area contributed by atoms with Gasteiger partial charge in [0, 0.05) is 25.0 Å². The van der Waals surface area contributed by atoms with Gasteiger partial charge in [-0.1, -0.05) is 10.3 Å². The summed E-state index contributed by atoms with van der Waals surface area (Å²) in [6, 6.07) is 15.0. The van der Waals surface area contributed by atoms with E-state index in [1.165, 1.54) is 0 Å². The van der Waals surface area contributed by atoms with Crippen LogP contribution in [0.3, 0.4) is 0 Å². The quantitative estimate of drug-likeness (QED) is 0.553. The predicted octanol–water partition coefficient (Wildman–Crippen LogP) is 4.20. The second-order valence-electron chi connectivity index (χ2n) is 5.42. The number of hydrogen-bond acceptors (Lipinski definition) is 7. The highest BCUT2D eigenvalue weighted by Crippen LogP contribution is 2.26. The lowest BCUT2D eigenvalue weighted by Crippen LogP contribution is -1.86. The van der Waals surface area contributed by atoms with Crippen molar-refractivity contribution < 1.29 is 13.8 Å². The number of nitrogens with zero attached hydrogens (tertiary/aromatic N) is 4. The molecule has 7 nitrogen and oxygen atoms in total. The Bertz CT molecular complexity index is 906. The monoisotopic (exact) mass is 334 g/mol. The summed E-state index contributed by atoms with van der Waals surface area (Å²) in [7, 11) is 0. The molecule has 0 aliphatic heterocycles. The minimum absolute atomic E-state index is 0.534. The number of ether oxygens (including phenoxy) is 1. The van der Waals surface area contributed by atoms with Crippen LogP contribution in [0.1, 0.15) is 11.8 Å². The summed E-state index contributed by atoms with van der Waals surface area (Å²) in [5.74, 6) is 3.62. The van der Waals surface area contributed by atoms with Gasteiger partial charge in [0.1, 0.15) is 11.5 Å². The molecule has 2 heterocycles. The van der Waals surface area contributed by atoms with E-state index in [-0.39, 0.29) is 0 Å². The Balaban J connectivity index is 1.48. The van der Waals surface area contributed by atoms with Gasteiger partial charge < -0.3 is 13.8 Å². The van der Waals surface area contributed by atoms with Crippen LogP contribution in [-0.4, -0.2) is 20.3 Å². The van der Waals surface area contributed by atoms with E-state index in [9.17, 15) is 0 Å². The fourth-order valence-corrected chi connectivity index (χ4v) is 2.31. The first-order valence-corrected chi connectivity index (χ1v) is 7.67. The Morgan fingerprint density at radius 3 is 1.36 bits per heavy atom. The number of benzene rings is 2. The van der Waals surface area contributed by atoms with Crippen molar-refractivity contribution in [3.63, 3.8) is 0 Å². The molecule has 25 heavy (non-hydrogen) atoms. The minimum Gasteiger partial charge on any atom is -0.457 e. The molecule has 0 unspecified atom stereocenters. The Morgan fingerprint density at radius 1 is 0.640 bits per heavy atom. The fraction of sp³-hybridized carbons (Fsp3) is 0.111. The summed E-state index contributed by atoms with van der Waals surface area (Å²) in [4.78, 5) is 8.39. The van der Waals surface area contributed by atoms with Crippen molar-refractivity contribution in [1.82, 2.24) is 20.3 Å². The molecule has 0 N–H and O–H groups in total. The van der Waals surface area contributed by atoms with Gasteiger partial charge in [0.25, 0.3) is 0 Å². The zero-order chi connectivity index (χ0) is 17.2. The van der Waals surface area contributed by atoms with Crippen LogP contribution < -0.4 is 4.74 Å². The molecule has 0 amide bonds. The van der Waals surface area contributed by atoms with Crippen LogP contribution in [0, 0.1) is 13.8 Å². The predicted molar refractivity (Wildman–Crippen MR) is 89.0 cm³/mol. The van der Waals surface area contributed by atoms with Crippen LogP contribution in [0.15, 0.2) is 57.6 Å². The smallest absolute Gasteiger partial charge is 0.223 e. The molecular weight excluding hydrogens is 320 g/mol. The maximum atomic E-state index is 5.84. The molecule has 4 rings (SSSR count). The van der Waals surface area contributed by atoms with Gasteiger partial charge in [-0.05, 0) is 48.5 Å². The highest BCUT2D eigenvalue weighted by molar-refractivity contribution is 5.57. The Labute approximate surface area is 143 Å². The first kappa shape index (κ1) is 15.1. The number of rotatable bonds is 4. The first-order chi connectivity index (χ1) is 12.2. The molecule has 0 aliphatic carbocycles. The van der Waals surface area contributed by atoms with E-state index in [1.54, 1.807) is 13.8 Å². The average Bonchev–Trinajstić information content (AvgIpc) is 3.25. The van der Waals surface area contributed by atoms with Gasteiger partial charge in [-0.2, -0.15) is 9.97 Å². The van der Waals surface area contributed by atoms with E-state index in [1.807, 2.05) is 48.5 Å². The molecule has 0 aliphatic rings. The van der Waals surface area contributed by atoms with E-state index in [0.29, 0.717) is 34.9 Å². The van der Waals surface area contributed by atoms with Crippen LogP contribution in [0.25, 0.3) is 22.8 Å². The van der Waals surface area contributed by atoms with Crippen LogP contribution >= 0.6 is 0 Å². The normalized spacial score (nSPS) is 10.8. The average molecular weight is 334 g/mol. The molecule has 2 aromatic heterocycles. The minimum atomic E-state index is 0.534. The molecule has 0 saturated carbocycles. The lowest BCUT2D eigenvalue weighted by molar-refractivity contribution is 0.394. The molecule has 124 valence electrons. The second kappa shape index (κ2) is 6.20. The Kier molecular flexibility index (Phi) is 3.74. The van der Waals surface area contributed by atoms with Crippen molar-refractivity contribution in [2.45, 2.75) is 13.8 Å². The molecule has 2 aromatic carbocycles. The summed E-state index contributed by atoms with van der Waals surface area (Å²) in [5.41, 5.74) is 1.74. The van der Waals surface area contributed by atoms with E-state index in [0.717, 1.165) is 11.1 Å². The van der Waals surface area contributed by atoms with E-state index >= 15 is 0 Å². The zero-order valence-electron chi connectivity index (χ0n) is 13.6. The zero-order valence-corrected chi connectivity index (χ0v) is 13.6. The molecule has 0 saturated heterocycles. The maximum absolute atomic E-state index is 5.84. The fourth-order valence-electron chi connectivity index (χ4n) is 2.31. The van der Waals surface area contributed by atoms with E-state index in [2.05, 4.69) is 20.3 Å². The number of hydrogen-bond donors (Lipinski definition) is 0. The van der Waals surface area contributed by atoms with Gasteiger partial charge in [0.05, 0.1) is 0 Å². The molecule has 0 spiro atoms. The summed E-state index contributed by atoms with van der Waals surface area (Å²) in [6.07, 6.45) is 0. The van der Waals surface area contributed by atoms with Crippen molar-refractivity contribution in [3.05, 3.63) is 60.3 Å². The third-order valence-corrected chi connectivity index (χ3v) is 3.52. The lowest BCUT2D eigenvalue weighted by Gasteiger charge is -2.06. The highest BCUT2D eigenvalue weighted by atomic mass is 16.5. The molecule has 0 radical (unpaired) electrons. The largest absolute Gasteiger partial charge is 0.457 e. The van der Waals surface area contributed by atoms with Crippen LogP contribution in [-0.2, 0) is 0 Å². The van der Waals surface area contributed by atoms with Gasteiger partial charge in [-0.15, -0.1) is 0 Å². The van der Waals surface area contributed by atoms with Crippen LogP contribution in [0.5, 0.6) is 11.5 Å². The third-order valence-electron chi connectivity index (χ3n) is 3.52. The number of aryl methyl sites for hydroxylation is 2. The molecule has 0 bridgehead atoms. The van der Waals surface area contributed by atoms with Gasteiger partial charge in [-0.3, -0.25) is 0 Å². The topological polar surface area (TPSA) is 87.1 Å². The third kappa shape index (κ3) is 3.25. The van der Waals surface area contributed by atoms with Crippen LogP contribution in [0.4, 0.5) is 0 Å². The summed E-state index contributed by atoms with van der Waals surface area (Å²) in [6.45, 7) is 3.51. The summed E-state index contributed by atoms with van der Waals surface area (Å²) < 4.78 is 15.8. The van der Waals surface area contributed by atoms with E-state index < -0.39 is 0 Å². The highest BCUT2D eigenvalue weighted by Gasteiger charge is 2.08.